The summed E-state index contributed by atoms with van der Waals surface area (Å²) in [6.07, 6.45) is -2.59. The van der Waals surface area contributed by atoms with Crippen molar-refractivity contribution in [1.29, 1.82) is 0 Å². The van der Waals surface area contributed by atoms with Gasteiger partial charge in [0.15, 0.2) is 0 Å². The maximum Gasteiger partial charge on any atom is 0.264 e. The smallest absolute Gasteiger partial charge is 0.264 e. The number of hydrogen-bond donors (Lipinski definition) is 0. The van der Waals surface area contributed by atoms with Crippen LogP contribution in [0.5, 0.6) is 0 Å². The van der Waals surface area contributed by atoms with E-state index in [1.54, 1.807) is 12.1 Å². The first kappa shape index (κ1) is 13.6. The molecule has 0 saturated carbocycles. The SMILES string of the molecule is O=C(CBr)Cc1cccc(CCl)c1C(F)F. The van der Waals surface area contributed by atoms with E-state index in [-0.39, 0.29) is 29.0 Å². The van der Waals surface area contributed by atoms with Gasteiger partial charge in [0, 0.05) is 17.9 Å². The largest absolute Gasteiger partial charge is 0.298 e. The molecule has 1 aromatic carbocycles. The van der Waals surface area contributed by atoms with Crippen molar-refractivity contribution < 1.29 is 13.6 Å². The van der Waals surface area contributed by atoms with Crippen molar-refractivity contribution >= 4 is 33.3 Å². The maximum absolute atomic E-state index is 12.8. The maximum atomic E-state index is 12.8. The minimum Gasteiger partial charge on any atom is -0.298 e. The van der Waals surface area contributed by atoms with Gasteiger partial charge >= 0.3 is 0 Å². The zero-order valence-electron chi connectivity index (χ0n) is 8.35. The highest BCUT2D eigenvalue weighted by Gasteiger charge is 2.18. The van der Waals surface area contributed by atoms with E-state index < -0.39 is 6.43 Å². The van der Waals surface area contributed by atoms with Crippen LogP contribution in [0, 0.1) is 0 Å². The summed E-state index contributed by atoms with van der Waals surface area (Å²) in [5, 5.41) is 0.167. The zero-order valence-corrected chi connectivity index (χ0v) is 10.7. The summed E-state index contributed by atoms with van der Waals surface area (Å²) in [6, 6.07) is 4.73. The molecule has 0 heterocycles. The highest BCUT2D eigenvalue weighted by Crippen LogP contribution is 2.28. The normalized spacial score (nSPS) is 10.8. The first-order chi connectivity index (χ1) is 7.60. The number of rotatable bonds is 5. The summed E-state index contributed by atoms with van der Waals surface area (Å²) in [4.78, 5) is 11.2. The Bertz CT molecular complexity index is 382. The fourth-order valence-corrected chi connectivity index (χ4v) is 1.91. The number of ketones is 1. The van der Waals surface area contributed by atoms with Gasteiger partial charge in [-0.3, -0.25) is 4.79 Å². The van der Waals surface area contributed by atoms with Crippen LogP contribution in [0.25, 0.3) is 0 Å². The van der Waals surface area contributed by atoms with E-state index in [0.717, 1.165) is 0 Å². The van der Waals surface area contributed by atoms with Gasteiger partial charge in [-0.2, -0.15) is 0 Å². The summed E-state index contributed by atoms with van der Waals surface area (Å²) >= 11 is 8.60. The molecule has 0 saturated heterocycles. The van der Waals surface area contributed by atoms with Crippen LogP contribution in [-0.4, -0.2) is 11.1 Å². The Labute approximate surface area is 106 Å². The van der Waals surface area contributed by atoms with Crippen LogP contribution >= 0.6 is 27.5 Å². The number of halogens is 4. The number of Topliss-reactive ketones (excluding diaryl/α,β-unsaturated/α-hetero) is 1. The first-order valence-corrected chi connectivity index (χ1v) is 6.28. The fourth-order valence-electron chi connectivity index (χ4n) is 1.48. The van der Waals surface area contributed by atoms with Gasteiger partial charge in [0.2, 0.25) is 0 Å². The molecule has 0 aromatic heterocycles. The molecule has 1 nitrogen and oxygen atoms in total. The Kier molecular flexibility index (Phi) is 5.35. The van der Waals surface area contributed by atoms with E-state index in [9.17, 15) is 13.6 Å². The highest BCUT2D eigenvalue weighted by atomic mass is 79.9. The summed E-state index contributed by atoms with van der Waals surface area (Å²) in [5.41, 5.74) is 0.640. The molecule has 16 heavy (non-hydrogen) atoms. The predicted octanol–water partition coefficient (Wildman–Crippen LogP) is 3.87. The topological polar surface area (TPSA) is 17.1 Å². The first-order valence-electron chi connectivity index (χ1n) is 4.62. The summed E-state index contributed by atoms with van der Waals surface area (Å²) in [7, 11) is 0. The average molecular weight is 312 g/mol. The van der Waals surface area contributed by atoms with Gasteiger partial charge in [-0.15, -0.1) is 11.6 Å². The Morgan fingerprint density at radius 1 is 1.38 bits per heavy atom. The molecule has 0 amide bonds. The van der Waals surface area contributed by atoms with Crippen LogP contribution in [-0.2, 0) is 17.1 Å². The van der Waals surface area contributed by atoms with Gasteiger partial charge in [0.25, 0.3) is 6.43 Å². The minimum atomic E-state index is -2.60. The van der Waals surface area contributed by atoms with Crippen molar-refractivity contribution in [1.82, 2.24) is 0 Å². The Hall–Kier alpha value is -0.480. The Morgan fingerprint density at radius 3 is 2.50 bits per heavy atom. The second-order valence-corrected chi connectivity index (χ2v) is 4.10. The molecule has 88 valence electrons. The predicted molar refractivity (Wildman–Crippen MR) is 63.5 cm³/mol. The lowest BCUT2D eigenvalue weighted by Gasteiger charge is -2.11. The number of carbonyl (C=O) groups excluding carboxylic acids is 1. The molecule has 1 aromatic rings. The third kappa shape index (κ3) is 3.25. The molecule has 0 fully saturated rings. The van der Waals surface area contributed by atoms with E-state index in [4.69, 9.17) is 11.6 Å². The zero-order chi connectivity index (χ0) is 12.1. The van der Waals surface area contributed by atoms with Crippen molar-refractivity contribution in [3.8, 4) is 0 Å². The molecule has 0 radical (unpaired) electrons. The Balaban J connectivity index is 3.11. The fraction of sp³-hybridized carbons (Fsp3) is 0.364. The van der Waals surface area contributed by atoms with E-state index >= 15 is 0 Å². The summed E-state index contributed by atoms with van der Waals surface area (Å²) in [5.74, 6) is -0.107. The second kappa shape index (κ2) is 6.30. The van der Waals surface area contributed by atoms with E-state index in [1.165, 1.54) is 6.07 Å². The van der Waals surface area contributed by atoms with Crippen LogP contribution in [0.15, 0.2) is 18.2 Å². The standard InChI is InChI=1S/C11H10BrClF2O/c12-5-9(16)4-7-2-1-3-8(6-13)10(7)11(14)15/h1-3,11H,4-6H2. The van der Waals surface area contributed by atoms with E-state index in [2.05, 4.69) is 15.9 Å². The van der Waals surface area contributed by atoms with Crippen LogP contribution in [0.3, 0.4) is 0 Å². The lowest BCUT2D eigenvalue weighted by molar-refractivity contribution is -0.115. The molecule has 0 spiro atoms. The molecule has 0 atom stereocenters. The summed E-state index contributed by atoms with van der Waals surface area (Å²) in [6.45, 7) is 0. The molecular formula is C11H10BrClF2O. The van der Waals surface area contributed by atoms with E-state index in [0.29, 0.717) is 11.1 Å². The minimum absolute atomic E-state index is 0.00958. The van der Waals surface area contributed by atoms with Crippen LogP contribution in [0.4, 0.5) is 8.78 Å². The quantitative estimate of drug-likeness (QED) is 0.755. The molecule has 1 rings (SSSR count). The van der Waals surface area contributed by atoms with Gasteiger partial charge in [-0.25, -0.2) is 8.78 Å². The average Bonchev–Trinajstić information content (AvgIpc) is 2.28. The van der Waals surface area contributed by atoms with Crippen molar-refractivity contribution in [3.63, 3.8) is 0 Å². The van der Waals surface area contributed by atoms with E-state index in [1.807, 2.05) is 0 Å². The third-order valence-electron chi connectivity index (χ3n) is 2.19. The van der Waals surface area contributed by atoms with Crippen LogP contribution in [0.2, 0.25) is 0 Å². The van der Waals surface area contributed by atoms with Gasteiger partial charge < -0.3 is 0 Å². The van der Waals surface area contributed by atoms with Crippen molar-refractivity contribution in [2.75, 3.05) is 5.33 Å². The van der Waals surface area contributed by atoms with Gasteiger partial charge in [-0.05, 0) is 11.1 Å². The molecule has 0 N–H and O–H groups in total. The summed E-state index contributed by atoms with van der Waals surface area (Å²) < 4.78 is 25.7. The molecule has 0 unspecified atom stereocenters. The van der Waals surface area contributed by atoms with Gasteiger partial charge in [0.1, 0.15) is 5.78 Å². The lowest BCUT2D eigenvalue weighted by atomic mass is 9.98. The monoisotopic (exact) mass is 310 g/mol. The molecule has 5 heteroatoms. The van der Waals surface area contributed by atoms with Crippen molar-refractivity contribution in [2.24, 2.45) is 0 Å². The Morgan fingerprint density at radius 2 is 2.00 bits per heavy atom. The lowest BCUT2D eigenvalue weighted by Crippen LogP contribution is -2.08. The van der Waals surface area contributed by atoms with Crippen molar-refractivity contribution in [2.45, 2.75) is 18.7 Å². The van der Waals surface area contributed by atoms with Gasteiger partial charge in [0.05, 0.1) is 5.33 Å². The van der Waals surface area contributed by atoms with Crippen molar-refractivity contribution in [3.05, 3.63) is 34.9 Å². The molecular weight excluding hydrogens is 301 g/mol. The number of carbonyl (C=O) groups is 1. The van der Waals surface area contributed by atoms with Gasteiger partial charge in [-0.1, -0.05) is 34.1 Å². The molecule has 0 aliphatic rings. The number of benzene rings is 1. The number of hydrogen-bond acceptors (Lipinski definition) is 1. The second-order valence-electron chi connectivity index (χ2n) is 3.27. The van der Waals surface area contributed by atoms with Crippen LogP contribution in [0.1, 0.15) is 23.1 Å². The molecule has 0 aliphatic heterocycles. The third-order valence-corrected chi connectivity index (χ3v) is 3.10. The molecule has 0 bridgehead atoms. The van der Waals surface area contributed by atoms with Crippen LogP contribution < -0.4 is 0 Å². The highest BCUT2D eigenvalue weighted by molar-refractivity contribution is 9.09. The molecule has 0 aliphatic carbocycles. The number of alkyl halides is 4.